The highest BCUT2D eigenvalue weighted by Gasteiger charge is 2.13. The van der Waals surface area contributed by atoms with Crippen LogP contribution in [0.1, 0.15) is 11.5 Å². The van der Waals surface area contributed by atoms with Crippen molar-refractivity contribution < 1.29 is 18.8 Å². The van der Waals surface area contributed by atoms with Crippen LogP contribution < -0.4 is 9.47 Å². The van der Waals surface area contributed by atoms with E-state index in [1.165, 1.54) is 11.0 Å². The first-order valence-corrected chi connectivity index (χ1v) is 8.64. The third-order valence-corrected chi connectivity index (χ3v) is 4.07. The molecule has 1 amide bonds. The smallest absolute Gasteiger partial charge is 0.246 e. The zero-order valence-corrected chi connectivity index (χ0v) is 16.0. The van der Waals surface area contributed by atoms with Crippen molar-refractivity contribution in [3.63, 3.8) is 0 Å². The Labute approximate surface area is 163 Å². The molecule has 144 valence electrons. The van der Waals surface area contributed by atoms with Crippen molar-refractivity contribution in [2.24, 2.45) is 0 Å². The second kappa shape index (κ2) is 8.85. The predicted molar refractivity (Wildman–Crippen MR) is 105 cm³/mol. The molecule has 0 spiro atoms. The fraction of sp³-hybridized carbons (Fsp3) is 0.190. The zero-order chi connectivity index (χ0) is 19.9. The minimum Gasteiger partial charge on any atom is -0.493 e. The third kappa shape index (κ3) is 4.56. The third-order valence-electron chi connectivity index (χ3n) is 4.07. The molecule has 0 fully saturated rings. The lowest BCUT2D eigenvalue weighted by Crippen LogP contribution is -2.24. The van der Waals surface area contributed by atoms with Gasteiger partial charge >= 0.3 is 0 Å². The number of hydrogen-bond donors (Lipinski definition) is 0. The van der Waals surface area contributed by atoms with E-state index in [9.17, 15) is 4.79 Å². The van der Waals surface area contributed by atoms with Crippen LogP contribution in [0.5, 0.6) is 11.5 Å². The number of aromatic nitrogens is 2. The van der Waals surface area contributed by atoms with Crippen molar-refractivity contribution in [2.45, 2.75) is 6.54 Å². The second-order valence-corrected chi connectivity index (χ2v) is 6.02. The lowest BCUT2D eigenvalue weighted by molar-refractivity contribution is -0.125. The van der Waals surface area contributed by atoms with Gasteiger partial charge in [-0.3, -0.25) is 4.79 Å². The Bertz CT molecular complexity index is 967. The van der Waals surface area contributed by atoms with Crippen molar-refractivity contribution in [3.05, 3.63) is 66.1 Å². The molecule has 0 N–H and O–H groups in total. The molecule has 28 heavy (non-hydrogen) atoms. The van der Waals surface area contributed by atoms with Crippen LogP contribution in [0.4, 0.5) is 0 Å². The molecule has 7 nitrogen and oxygen atoms in total. The van der Waals surface area contributed by atoms with E-state index in [0.717, 1.165) is 11.1 Å². The molecule has 0 bridgehead atoms. The van der Waals surface area contributed by atoms with Crippen molar-refractivity contribution in [3.8, 4) is 22.9 Å². The van der Waals surface area contributed by atoms with Gasteiger partial charge in [-0.2, -0.15) is 4.98 Å². The van der Waals surface area contributed by atoms with Gasteiger partial charge in [0, 0.05) is 18.7 Å². The monoisotopic (exact) mass is 379 g/mol. The Morgan fingerprint density at radius 3 is 2.57 bits per heavy atom. The summed E-state index contributed by atoms with van der Waals surface area (Å²) in [6, 6.07) is 14.9. The normalized spacial score (nSPS) is 10.8. The van der Waals surface area contributed by atoms with Crippen molar-refractivity contribution in [1.29, 1.82) is 0 Å². The van der Waals surface area contributed by atoms with E-state index in [-0.39, 0.29) is 12.5 Å². The SMILES string of the molecule is COc1ccc(C=CC(=O)N(C)Cc2nc(-c3ccccc3)no2)cc1OC. The second-order valence-electron chi connectivity index (χ2n) is 6.02. The van der Waals surface area contributed by atoms with Gasteiger partial charge in [0.1, 0.15) is 0 Å². The van der Waals surface area contributed by atoms with Gasteiger partial charge in [0.2, 0.25) is 17.6 Å². The molecule has 1 aromatic heterocycles. The van der Waals surface area contributed by atoms with E-state index in [1.54, 1.807) is 39.5 Å². The summed E-state index contributed by atoms with van der Waals surface area (Å²) in [4.78, 5) is 18.2. The maximum absolute atomic E-state index is 12.4. The molecule has 7 heteroatoms. The summed E-state index contributed by atoms with van der Waals surface area (Å²) in [6.45, 7) is 0.217. The van der Waals surface area contributed by atoms with Crippen LogP contribution in [-0.2, 0) is 11.3 Å². The first kappa shape index (κ1) is 19.2. The van der Waals surface area contributed by atoms with Gasteiger partial charge in [0.05, 0.1) is 20.8 Å². The summed E-state index contributed by atoms with van der Waals surface area (Å²) < 4.78 is 15.7. The molecule has 3 aromatic rings. The molecular weight excluding hydrogens is 358 g/mol. The van der Waals surface area contributed by atoms with Gasteiger partial charge in [-0.15, -0.1) is 0 Å². The van der Waals surface area contributed by atoms with Crippen molar-refractivity contribution >= 4 is 12.0 Å². The number of rotatable bonds is 7. The molecule has 2 aromatic carbocycles. The molecule has 0 aliphatic carbocycles. The largest absolute Gasteiger partial charge is 0.493 e. The van der Waals surface area contributed by atoms with Crippen LogP contribution in [0.2, 0.25) is 0 Å². The number of methoxy groups -OCH3 is 2. The quantitative estimate of drug-likeness (QED) is 0.586. The number of nitrogens with zero attached hydrogens (tertiary/aromatic N) is 3. The summed E-state index contributed by atoms with van der Waals surface area (Å²) in [6.07, 6.45) is 3.19. The molecule has 3 rings (SSSR count). The fourth-order valence-electron chi connectivity index (χ4n) is 2.56. The van der Waals surface area contributed by atoms with Crippen LogP contribution in [0, 0.1) is 0 Å². The van der Waals surface area contributed by atoms with E-state index >= 15 is 0 Å². The van der Waals surface area contributed by atoms with Gasteiger partial charge in [0.25, 0.3) is 0 Å². The van der Waals surface area contributed by atoms with E-state index in [0.29, 0.717) is 23.2 Å². The Morgan fingerprint density at radius 2 is 1.86 bits per heavy atom. The van der Waals surface area contributed by atoms with E-state index < -0.39 is 0 Å². The Kier molecular flexibility index (Phi) is 6.06. The van der Waals surface area contributed by atoms with Crippen LogP contribution in [0.3, 0.4) is 0 Å². The molecular formula is C21H21N3O4. The average Bonchev–Trinajstić information content (AvgIpc) is 3.20. The van der Waals surface area contributed by atoms with Crippen molar-refractivity contribution in [1.82, 2.24) is 15.0 Å². The number of benzene rings is 2. The molecule has 0 radical (unpaired) electrons. The molecule has 0 saturated heterocycles. The first-order chi connectivity index (χ1) is 13.6. The van der Waals surface area contributed by atoms with Crippen LogP contribution in [0.15, 0.2) is 59.1 Å². The molecule has 0 unspecified atom stereocenters. The maximum atomic E-state index is 12.4. The van der Waals surface area contributed by atoms with Gasteiger partial charge < -0.3 is 18.9 Å². The van der Waals surface area contributed by atoms with Crippen LogP contribution in [0.25, 0.3) is 17.5 Å². The molecule has 0 aliphatic heterocycles. The molecule has 1 heterocycles. The number of likely N-dealkylation sites (N-methyl/N-ethyl adjacent to an activating group) is 1. The summed E-state index contributed by atoms with van der Waals surface area (Å²) in [5, 5.41) is 3.96. The topological polar surface area (TPSA) is 77.7 Å². The van der Waals surface area contributed by atoms with Crippen LogP contribution >= 0.6 is 0 Å². The highest BCUT2D eigenvalue weighted by atomic mass is 16.5. The molecule has 0 atom stereocenters. The van der Waals surface area contributed by atoms with Gasteiger partial charge in [-0.05, 0) is 23.8 Å². The van der Waals surface area contributed by atoms with Gasteiger partial charge in [-0.1, -0.05) is 41.6 Å². The van der Waals surface area contributed by atoms with E-state index in [1.807, 2.05) is 36.4 Å². The highest BCUT2D eigenvalue weighted by molar-refractivity contribution is 5.91. The van der Waals surface area contributed by atoms with Gasteiger partial charge in [-0.25, -0.2) is 0 Å². The lowest BCUT2D eigenvalue weighted by atomic mass is 10.2. The Hall–Kier alpha value is -3.61. The average molecular weight is 379 g/mol. The zero-order valence-electron chi connectivity index (χ0n) is 16.0. The summed E-state index contributed by atoms with van der Waals surface area (Å²) in [7, 11) is 4.82. The minimum atomic E-state index is -0.186. The Balaban J connectivity index is 1.63. The van der Waals surface area contributed by atoms with E-state index in [2.05, 4.69) is 10.1 Å². The maximum Gasteiger partial charge on any atom is 0.246 e. The summed E-state index contributed by atoms with van der Waals surface area (Å²) >= 11 is 0. The number of carbonyl (C=O) groups is 1. The standard InChI is InChI=1S/C21H21N3O4/c1-24(14-19-22-21(23-28-19)16-7-5-4-6-8-16)20(25)12-10-15-9-11-17(26-2)18(13-15)27-3/h4-13H,14H2,1-3H3. The van der Waals surface area contributed by atoms with Crippen molar-refractivity contribution in [2.75, 3.05) is 21.3 Å². The molecule has 0 saturated carbocycles. The highest BCUT2D eigenvalue weighted by Crippen LogP contribution is 2.28. The minimum absolute atomic E-state index is 0.186. The number of amides is 1. The number of ether oxygens (including phenoxy) is 2. The summed E-state index contributed by atoms with van der Waals surface area (Å²) in [5.74, 6) is 1.92. The first-order valence-electron chi connectivity index (χ1n) is 8.64. The fourth-order valence-corrected chi connectivity index (χ4v) is 2.56. The van der Waals surface area contributed by atoms with Crippen LogP contribution in [-0.4, -0.2) is 42.2 Å². The molecule has 0 aliphatic rings. The Morgan fingerprint density at radius 1 is 1.11 bits per heavy atom. The van der Waals surface area contributed by atoms with E-state index in [4.69, 9.17) is 14.0 Å². The van der Waals surface area contributed by atoms with Gasteiger partial charge in [0.15, 0.2) is 11.5 Å². The summed E-state index contributed by atoms with van der Waals surface area (Å²) in [5.41, 5.74) is 1.68. The number of hydrogen-bond acceptors (Lipinski definition) is 6. The lowest BCUT2D eigenvalue weighted by Gasteiger charge is -2.12. The predicted octanol–water partition coefficient (Wildman–Crippen LogP) is 3.43. The number of carbonyl (C=O) groups excluding carboxylic acids is 1.